The minimum atomic E-state index is -1.99. The van der Waals surface area contributed by atoms with Crippen LogP contribution in [0, 0.1) is 5.41 Å². The fraction of sp³-hybridized carbons (Fsp3) is 0.500. The average Bonchev–Trinajstić information content (AvgIpc) is 2.13. The molecule has 1 unspecified atom stereocenters. The van der Waals surface area contributed by atoms with E-state index in [4.69, 9.17) is 17.0 Å². The number of nitrogens with one attached hydrogen (secondary N) is 1. The molecule has 0 aromatic carbocycles. The quantitative estimate of drug-likeness (QED) is 0.302. The molecular formula is C8H13ClFN2O2+. The number of hydrogen-bond acceptors (Lipinski definition) is 3. The number of alkyl halides is 2. The summed E-state index contributed by atoms with van der Waals surface area (Å²) >= 11 is 5.05. The molecule has 0 radical (unpaired) electrons. The van der Waals surface area contributed by atoms with Gasteiger partial charge in [-0.2, -0.15) is 0 Å². The van der Waals surface area contributed by atoms with E-state index in [1.165, 1.54) is 11.5 Å². The second kappa shape index (κ2) is 6.50. The fourth-order valence-electron chi connectivity index (χ4n) is 0.761. The first-order valence-corrected chi connectivity index (χ1v) is 4.51. The number of nitrogens with two attached hydrogens (primary N) is 1. The molecule has 0 aliphatic carbocycles. The summed E-state index contributed by atoms with van der Waals surface area (Å²) in [4.78, 5) is 11.2. The minimum absolute atomic E-state index is 0.156. The first-order valence-electron chi connectivity index (χ1n) is 4.08. The lowest BCUT2D eigenvalue weighted by atomic mass is 10.2. The Morgan fingerprint density at radius 1 is 1.79 bits per heavy atom. The van der Waals surface area contributed by atoms with Crippen molar-refractivity contribution in [1.29, 1.82) is 5.41 Å². The molecule has 0 aliphatic rings. The molecule has 0 bridgehead atoms. The molecule has 0 rings (SSSR count). The molecule has 6 heteroatoms. The van der Waals surface area contributed by atoms with Gasteiger partial charge in [0.25, 0.3) is 0 Å². The van der Waals surface area contributed by atoms with Crippen LogP contribution in [-0.2, 0) is 9.53 Å². The van der Waals surface area contributed by atoms with Gasteiger partial charge >= 0.3 is 5.97 Å². The third-order valence-corrected chi connectivity index (χ3v) is 1.56. The van der Waals surface area contributed by atoms with E-state index in [2.05, 4.69) is 4.74 Å². The summed E-state index contributed by atoms with van der Waals surface area (Å²) in [5, 5.41) is 8.73. The average molecular weight is 224 g/mol. The Balaban J connectivity index is 4.69. The molecular weight excluding hydrogens is 211 g/mol. The molecule has 14 heavy (non-hydrogen) atoms. The zero-order chi connectivity index (χ0) is 11.1. The van der Waals surface area contributed by atoms with Crippen molar-refractivity contribution < 1.29 is 19.2 Å². The van der Waals surface area contributed by atoms with Crippen molar-refractivity contribution in [2.24, 2.45) is 0 Å². The summed E-state index contributed by atoms with van der Waals surface area (Å²) in [7, 11) is 1.65. The monoisotopic (exact) mass is 223 g/mol. The summed E-state index contributed by atoms with van der Waals surface area (Å²) in [5.74, 6) is -0.737. The van der Waals surface area contributed by atoms with E-state index in [9.17, 15) is 9.18 Å². The van der Waals surface area contributed by atoms with Gasteiger partial charge in [0.1, 0.15) is 17.5 Å². The topological polar surface area (TPSA) is 66.8 Å². The number of carbonyl (C=O) groups is 1. The Morgan fingerprint density at radius 3 is 2.71 bits per heavy atom. The molecule has 0 amide bonds. The van der Waals surface area contributed by atoms with Crippen molar-refractivity contribution in [3.05, 3.63) is 11.8 Å². The Morgan fingerprint density at radius 2 is 2.36 bits per heavy atom. The maximum atomic E-state index is 12.5. The van der Waals surface area contributed by atoms with Crippen LogP contribution in [0.5, 0.6) is 0 Å². The van der Waals surface area contributed by atoms with Crippen LogP contribution in [0.15, 0.2) is 11.8 Å². The second-order valence-electron chi connectivity index (χ2n) is 2.35. The maximum absolute atomic E-state index is 12.5. The standard InChI is InChI=1S/C8H12ClFN2O2/c1-3-14-8(13)5(4-12-2)6(11)7(9)10/h4,7,11-12H,3H2,1-2H3/p+1/b5-4+,11-6?. The molecule has 0 aromatic rings. The summed E-state index contributed by atoms with van der Waals surface area (Å²) in [6.07, 6.45) is 1.30. The van der Waals surface area contributed by atoms with Crippen molar-refractivity contribution in [2.75, 3.05) is 13.7 Å². The van der Waals surface area contributed by atoms with E-state index < -0.39 is 17.3 Å². The van der Waals surface area contributed by atoms with E-state index in [1.54, 1.807) is 14.0 Å². The molecule has 0 aliphatic heterocycles. The van der Waals surface area contributed by atoms with Crippen LogP contribution in [0.4, 0.5) is 4.39 Å². The number of halogens is 2. The Kier molecular flexibility index (Phi) is 6.07. The van der Waals surface area contributed by atoms with Gasteiger partial charge in [-0.15, -0.1) is 0 Å². The van der Waals surface area contributed by atoms with Gasteiger partial charge in [-0.1, -0.05) is 11.6 Å². The number of ether oxygens (including phenoxy) is 1. The smallest absolute Gasteiger partial charge is 0.345 e. The number of rotatable bonds is 5. The number of carbonyl (C=O) groups excluding carboxylic acids is 1. The predicted octanol–water partition coefficient (Wildman–Crippen LogP) is 0.181. The van der Waals surface area contributed by atoms with Crippen LogP contribution in [0.3, 0.4) is 0 Å². The summed E-state index contributed by atoms with van der Waals surface area (Å²) in [5.41, 5.74) is -2.73. The lowest BCUT2D eigenvalue weighted by molar-refractivity contribution is -0.556. The minimum Gasteiger partial charge on any atom is -0.462 e. The molecule has 0 aromatic heterocycles. The molecule has 0 saturated heterocycles. The Hall–Kier alpha value is -0.940. The largest absolute Gasteiger partial charge is 0.462 e. The number of hydrogen-bond donors (Lipinski definition) is 2. The van der Waals surface area contributed by atoms with E-state index in [0.717, 1.165) is 0 Å². The zero-order valence-electron chi connectivity index (χ0n) is 8.01. The highest BCUT2D eigenvalue weighted by Gasteiger charge is 2.23. The Labute approximate surface area is 86.6 Å². The third-order valence-electron chi connectivity index (χ3n) is 1.34. The van der Waals surface area contributed by atoms with Crippen LogP contribution in [-0.4, -0.2) is 31.0 Å². The molecule has 3 N–H and O–H groups in total. The van der Waals surface area contributed by atoms with Crippen molar-refractivity contribution in [3.8, 4) is 0 Å². The van der Waals surface area contributed by atoms with Gasteiger partial charge in [0.2, 0.25) is 5.63 Å². The molecule has 1 atom stereocenters. The van der Waals surface area contributed by atoms with Gasteiger partial charge in [-0.25, -0.2) is 9.18 Å². The second-order valence-corrected chi connectivity index (χ2v) is 2.73. The highest BCUT2D eigenvalue weighted by Crippen LogP contribution is 2.08. The van der Waals surface area contributed by atoms with Crippen LogP contribution in [0.2, 0.25) is 0 Å². The summed E-state index contributed by atoms with van der Waals surface area (Å²) in [6, 6.07) is 0. The van der Waals surface area contributed by atoms with Gasteiger partial charge in [0, 0.05) is 0 Å². The van der Waals surface area contributed by atoms with Crippen LogP contribution in [0.1, 0.15) is 6.92 Å². The van der Waals surface area contributed by atoms with Gasteiger partial charge < -0.3 is 10.1 Å². The van der Waals surface area contributed by atoms with E-state index >= 15 is 0 Å². The third kappa shape index (κ3) is 3.85. The first kappa shape index (κ1) is 13.1. The van der Waals surface area contributed by atoms with E-state index in [-0.39, 0.29) is 12.2 Å². The first-order chi connectivity index (χ1) is 6.54. The molecule has 0 fully saturated rings. The van der Waals surface area contributed by atoms with Gasteiger partial charge in [0.05, 0.1) is 13.7 Å². The number of esters is 1. The van der Waals surface area contributed by atoms with Crippen molar-refractivity contribution in [2.45, 2.75) is 12.6 Å². The van der Waals surface area contributed by atoms with Crippen molar-refractivity contribution >= 4 is 23.3 Å². The van der Waals surface area contributed by atoms with Crippen LogP contribution in [0.25, 0.3) is 0 Å². The Bertz CT molecular complexity index is 254. The highest BCUT2D eigenvalue weighted by molar-refractivity contribution is 6.37. The molecule has 0 spiro atoms. The van der Waals surface area contributed by atoms with Crippen LogP contribution >= 0.6 is 11.6 Å². The highest BCUT2D eigenvalue weighted by atomic mass is 35.5. The van der Waals surface area contributed by atoms with Crippen LogP contribution < -0.4 is 5.32 Å². The SMILES string of the molecule is CCOC(=O)/C(=C/[NH2+]C)C(=N)C(F)Cl. The normalized spacial score (nSPS) is 13.6. The summed E-state index contributed by atoms with van der Waals surface area (Å²) in [6.45, 7) is 1.80. The van der Waals surface area contributed by atoms with Gasteiger partial charge in [0.15, 0.2) is 0 Å². The van der Waals surface area contributed by atoms with Crippen molar-refractivity contribution in [3.63, 3.8) is 0 Å². The van der Waals surface area contributed by atoms with E-state index in [0.29, 0.717) is 0 Å². The summed E-state index contributed by atoms with van der Waals surface area (Å²) < 4.78 is 17.2. The van der Waals surface area contributed by atoms with Gasteiger partial charge in [-0.05, 0) is 6.92 Å². The molecule has 0 saturated carbocycles. The molecule has 80 valence electrons. The number of quaternary nitrogens is 1. The maximum Gasteiger partial charge on any atom is 0.345 e. The molecule has 0 heterocycles. The lowest BCUT2D eigenvalue weighted by Crippen LogP contribution is -2.73. The van der Waals surface area contributed by atoms with E-state index in [1.807, 2.05) is 0 Å². The predicted molar refractivity (Wildman–Crippen MR) is 51.0 cm³/mol. The van der Waals surface area contributed by atoms with Crippen molar-refractivity contribution in [1.82, 2.24) is 0 Å². The van der Waals surface area contributed by atoms with Gasteiger partial charge in [-0.3, -0.25) is 5.41 Å². The fourth-order valence-corrected chi connectivity index (χ4v) is 0.878. The zero-order valence-corrected chi connectivity index (χ0v) is 8.77. The molecule has 4 nitrogen and oxygen atoms in total. The lowest BCUT2D eigenvalue weighted by Gasteiger charge is -2.06.